The van der Waals surface area contributed by atoms with Gasteiger partial charge in [0.05, 0.1) is 23.7 Å². The van der Waals surface area contributed by atoms with E-state index in [2.05, 4.69) is 10.3 Å². The van der Waals surface area contributed by atoms with E-state index in [-0.39, 0.29) is 17.3 Å². The van der Waals surface area contributed by atoms with Crippen LogP contribution in [0, 0.1) is 29.4 Å². The van der Waals surface area contributed by atoms with Crippen LogP contribution >= 0.6 is 11.6 Å². The topological polar surface area (TPSA) is 73.2 Å². The van der Waals surface area contributed by atoms with Crippen molar-refractivity contribution in [2.24, 2.45) is 17.8 Å². The van der Waals surface area contributed by atoms with E-state index in [1.807, 2.05) is 0 Å². The van der Waals surface area contributed by atoms with Gasteiger partial charge in [0, 0.05) is 28.4 Å². The van der Waals surface area contributed by atoms with Gasteiger partial charge in [0.15, 0.2) is 11.6 Å². The number of nitrogens with one attached hydrogen (secondary N) is 1. The maximum absolute atomic E-state index is 14.6. The highest BCUT2D eigenvalue weighted by Crippen LogP contribution is 2.55. The van der Waals surface area contributed by atoms with Crippen LogP contribution < -0.4 is 5.32 Å². The molecule has 1 atom stereocenters. The van der Waals surface area contributed by atoms with Gasteiger partial charge < -0.3 is 14.6 Å². The van der Waals surface area contributed by atoms with Crippen molar-refractivity contribution in [1.82, 2.24) is 9.55 Å². The number of esters is 1. The Morgan fingerprint density at radius 1 is 0.974 bits per heavy atom. The van der Waals surface area contributed by atoms with Crippen molar-refractivity contribution >= 4 is 40.2 Å². The molecule has 6 nitrogen and oxygen atoms in total. The molecule has 2 bridgehead atoms. The summed E-state index contributed by atoms with van der Waals surface area (Å²) in [5.41, 5.74) is 2.18. The minimum atomic E-state index is -1.00. The number of aromatic nitrogens is 2. The third-order valence-corrected chi connectivity index (χ3v) is 8.48. The highest BCUT2D eigenvalue weighted by atomic mass is 35.5. The molecule has 6 rings (SSSR count). The monoisotopic (exact) mass is 549 g/mol. The van der Waals surface area contributed by atoms with Gasteiger partial charge in [-0.05, 0) is 92.0 Å². The third kappa shape index (κ3) is 4.56. The van der Waals surface area contributed by atoms with Gasteiger partial charge in [0.1, 0.15) is 11.9 Å². The summed E-state index contributed by atoms with van der Waals surface area (Å²) in [5.74, 6) is -1.61. The second-order valence-corrected chi connectivity index (χ2v) is 10.8. The predicted molar refractivity (Wildman–Crippen MR) is 144 cm³/mol. The molecule has 3 aromatic carbocycles. The number of nitrogens with zero attached hydrogens (tertiary/aromatic N) is 2. The van der Waals surface area contributed by atoms with Crippen LogP contribution in [0.2, 0.25) is 5.02 Å². The SMILES string of the molecule is COC(=O)c1ccc(NC(=O)C(C2C3CCC2CC3)n2c(-c3ccc(Cl)cc3)nc3cc(F)c(F)cc32)cc1. The van der Waals surface area contributed by atoms with E-state index >= 15 is 0 Å². The van der Waals surface area contributed by atoms with Gasteiger partial charge >= 0.3 is 5.97 Å². The maximum Gasteiger partial charge on any atom is 0.337 e. The number of imidazole rings is 1. The first-order valence-corrected chi connectivity index (χ1v) is 13.3. The fourth-order valence-corrected chi connectivity index (χ4v) is 6.60. The molecule has 200 valence electrons. The number of anilines is 1. The lowest BCUT2D eigenvalue weighted by atomic mass is 9.88. The van der Waals surface area contributed by atoms with Crippen LogP contribution in [0.5, 0.6) is 0 Å². The summed E-state index contributed by atoms with van der Waals surface area (Å²) in [6.45, 7) is 0. The smallest absolute Gasteiger partial charge is 0.337 e. The molecule has 2 saturated carbocycles. The third-order valence-electron chi connectivity index (χ3n) is 8.22. The van der Waals surface area contributed by atoms with Crippen LogP contribution in [0.15, 0.2) is 60.7 Å². The van der Waals surface area contributed by atoms with Gasteiger partial charge in [-0.3, -0.25) is 4.79 Å². The second kappa shape index (κ2) is 10.1. The van der Waals surface area contributed by atoms with E-state index in [9.17, 15) is 18.4 Å². The molecule has 2 aliphatic rings. The Bertz CT molecular complexity index is 1550. The maximum atomic E-state index is 14.6. The predicted octanol–water partition coefficient (Wildman–Crippen LogP) is 7.04. The minimum absolute atomic E-state index is 0.0101. The molecule has 2 fully saturated rings. The summed E-state index contributed by atoms with van der Waals surface area (Å²) >= 11 is 6.13. The molecule has 1 heterocycles. The van der Waals surface area contributed by atoms with Gasteiger partial charge in [-0.1, -0.05) is 11.6 Å². The quantitative estimate of drug-likeness (QED) is 0.262. The Morgan fingerprint density at radius 3 is 2.21 bits per heavy atom. The molecule has 1 N–H and O–H groups in total. The van der Waals surface area contributed by atoms with E-state index < -0.39 is 23.6 Å². The minimum Gasteiger partial charge on any atom is -0.465 e. The summed E-state index contributed by atoms with van der Waals surface area (Å²) in [5, 5.41) is 3.55. The average molecular weight is 550 g/mol. The Hall–Kier alpha value is -3.78. The summed E-state index contributed by atoms with van der Waals surface area (Å²) in [6.07, 6.45) is 4.11. The standard InChI is InChI=1S/C30H26ClF2N3O3/c1-39-30(38)19-8-12-21(13-9-19)34-29(37)27(26-16-2-3-17(26)5-4-16)36-25-15-23(33)22(32)14-24(25)35-28(36)18-6-10-20(31)11-7-18/h6-17,26-27H,2-5H2,1H3,(H,34,37). The summed E-state index contributed by atoms with van der Waals surface area (Å²) in [6, 6.07) is 15.0. The fraction of sp³-hybridized carbons (Fsp3) is 0.300. The van der Waals surface area contributed by atoms with Crippen LogP contribution in [0.4, 0.5) is 14.5 Å². The molecule has 0 aliphatic heterocycles. The molecule has 0 saturated heterocycles. The van der Waals surface area contributed by atoms with Crippen LogP contribution in [0.25, 0.3) is 22.4 Å². The molecule has 0 radical (unpaired) electrons. The zero-order valence-electron chi connectivity index (χ0n) is 21.2. The number of ether oxygens (including phenoxy) is 1. The average Bonchev–Trinajstić information content (AvgIpc) is 3.63. The zero-order chi connectivity index (χ0) is 27.3. The van der Waals surface area contributed by atoms with Crippen molar-refractivity contribution in [1.29, 1.82) is 0 Å². The van der Waals surface area contributed by atoms with Crippen LogP contribution in [-0.4, -0.2) is 28.5 Å². The number of carbonyl (C=O) groups is 2. The molecule has 4 aromatic rings. The number of benzene rings is 3. The number of methoxy groups -OCH3 is 1. The van der Waals surface area contributed by atoms with E-state index in [0.29, 0.717) is 45.0 Å². The second-order valence-electron chi connectivity index (χ2n) is 10.3. The summed E-state index contributed by atoms with van der Waals surface area (Å²) < 4.78 is 35.4. The van der Waals surface area contributed by atoms with Gasteiger partial charge in [-0.15, -0.1) is 0 Å². The first-order chi connectivity index (χ1) is 18.8. The van der Waals surface area contributed by atoms with E-state index in [1.165, 1.54) is 7.11 Å². The number of carbonyl (C=O) groups excluding carboxylic acids is 2. The number of amides is 1. The van der Waals surface area contributed by atoms with Crippen LogP contribution in [-0.2, 0) is 9.53 Å². The van der Waals surface area contributed by atoms with Crippen molar-refractivity contribution in [3.8, 4) is 11.4 Å². The Morgan fingerprint density at radius 2 is 1.59 bits per heavy atom. The van der Waals surface area contributed by atoms with Crippen LogP contribution in [0.1, 0.15) is 42.1 Å². The number of hydrogen-bond acceptors (Lipinski definition) is 4. The molecule has 0 spiro atoms. The van der Waals surface area contributed by atoms with Gasteiger partial charge in [-0.2, -0.15) is 0 Å². The zero-order valence-corrected chi connectivity index (χ0v) is 21.9. The number of hydrogen-bond donors (Lipinski definition) is 1. The molecule has 39 heavy (non-hydrogen) atoms. The van der Waals surface area contributed by atoms with E-state index in [4.69, 9.17) is 16.3 Å². The first kappa shape index (κ1) is 25.5. The lowest BCUT2D eigenvalue weighted by Crippen LogP contribution is -2.34. The molecule has 1 aromatic heterocycles. The summed E-state index contributed by atoms with van der Waals surface area (Å²) in [7, 11) is 1.31. The number of fused-ring (bicyclic) bond motifs is 3. The largest absolute Gasteiger partial charge is 0.465 e. The van der Waals surface area contributed by atoms with Crippen molar-refractivity contribution in [3.05, 3.63) is 82.9 Å². The molecule has 1 unspecified atom stereocenters. The number of halogens is 3. The lowest BCUT2D eigenvalue weighted by Gasteiger charge is -2.30. The number of rotatable bonds is 6. The molecule has 2 aliphatic carbocycles. The Kier molecular flexibility index (Phi) is 6.59. The highest BCUT2D eigenvalue weighted by Gasteiger charge is 2.49. The van der Waals surface area contributed by atoms with Crippen LogP contribution in [0.3, 0.4) is 0 Å². The molecule has 1 amide bonds. The first-order valence-electron chi connectivity index (χ1n) is 13.0. The van der Waals surface area contributed by atoms with Crippen molar-refractivity contribution < 1.29 is 23.1 Å². The molecule has 9 heteroatoms. The molecular formula is C30H26ClF2N3O3. The fourth-order valence-electron chi connectivity index (χ4n) is 6.48. The van der Waals surface area contributed by atoms with E-state index in [1.54, 1.807) is 53.1 Å². The normalized spacial score (nSPS) is 20.8. The van der Waals surface area contributed by atoms with E-state index in [0.717, 1.165) is 37.8 Å². The Labute approximate surface area is 228 Å². The molecular weight excluding hydrogens is 524 g/mol. The highest BCUT2D eigenvalue weighted by molar-refractivity contribution is 6.30. The lowest BCUT2D eigenvalue weighted by molar-refractivity contribution is -0.121. The van der Waals surface area contributed by atoms with Crippen molar-refractivity contribution in [2.75, 3.05) is 12.4 Å². The van der Waals surface area contributed by atoms with Gasteiger partial charge in [0.25, 0.3) is 0 Å². The van der Waals surface area contributed by atoms with Gasteiger partial charge in [0.2, 0.25) is 5.91 Å². The Balaban J connectivity index is 1.49. The summed E-state index contributed by atoms with van der Waals surface area (Å²) in [4.78, 5) is 30.7. The van der Waals surface area contributed by atoms with Crippen molar-refractivity contribution in [2.45, 2.75) is 31.7 Å². The van der Waals surface area contributed by atoms with Crippen molar-refractivity contribution in [3.63, 3.8) is 0 Å². The van der Waals surface area contributed by atoms with Gasteiger partial charge in [-0.25, -0.2) is 18.6 Å².